The quantitative estimate of drug-likeness (QED) is 0.673. The lowest BCUT2D eigenvalue weighted by Crippen LogP contribution is -2.10. The number of ether oxygens (including phenoxy) is 1. The fourth-order valence-corrected chi connectivity index (χ4v) is 1.13. The van der Waals surface area contributed by atoms with Gasteiger partial charge in [0.05, 0.1) is 18.5 Å². The Morgan fingerprint density at radius 3 is 2.93 bits per heavy atom. The van der Waals surface area contributed by atoms with E-state index in [1.807, 2.05) is 6.07 Å². The molecule has 0 aliphatic rings. The Kier molecular flexibility index (Phi) is 5.55. The van der Waals surface area contributed by atoms with Crippen molar-refractivity contribution in [3.63, 3.8) is 0 Å². The van der Waals surface area contributed by atoms with Crippen molar-refractivity contribution in [1.29, 1.82) is 0 Å². The molecule has 1 aromatic rings. The second kappa shape index (κ2) is 7.06. The molecule has 4 nitrogen and oxygen atoms in total. The van der Waals surface area contributed by atoms with Gasteiger partial charge >= 0.3 is 0 Å². The van der Waals surface area contributed by atoms with Gasteiger partial charge in [0, 0.05) is 13.2 Å². The Balaban J connectivity index is 2.07. The van der Waals surface area contributed by atoms with Crippen LogP contribution < -0.4 is 11.1 Å². The summed E-state index contributed by atoms with van der Waals surface area (Å²) in [5, 5.41) is 3.21. The highest BCUT2D eigenvalue weighted by atomic mass is 16.5. The average molecular weight is 209 g/mol. The first-order chi connectivity index (χ1) is 7.33. The predicted molar refractivity (Wildman–Crippen MR) is 62.9 cm³/mol. The molecule has 0 aliphatic heterocycles. The molecule has 0 spiro atoms. The van der Waals surface area contributed by atoms with E-state index in [9.17, 15) is 0 Å². The van der Waals surface area contributed by atoms with Gasteiger partial charge in [-0.2, -0.15) is 0 Å². The zero-order chi connectivity index (χ0) is 10.9. The van der Waals surface area contributed by atoms with Gasteiger partial charge in [0.2, 0.25) is 0 Å². The van der Waals surface area contributed by atoms with Gasteiger partial charge in [-0.3, -0.25) is 0 Å². The van der Waals surface area contributed by atoms with Gasteiger partial charge in [0.25, 0.3) is 0 Å². The van der Waals surface area contributed by atoms with Crippen molar-refractivity contribution in [2.24, 2.45) is 0 Å². The van der Waals surface area contributed by atoms with E-state index in [1.54, 1.807) is 12.3 Å². The van der Waals surface area contributed by atoms with Crippen LogP contribution in [0.4, 0.5) is 11.5 Å². The minimum Gasteiger partial charge on any atom is -0.384 e. The largest absolute Gasteiger partial charge is 0.384 e. The van der Waals surface area contributed by atoms with Crippen molar-refractivity contribution in [3.8, 4) is 0 Å². The van der Waals surface area contributed by atoms with Crippen molar-refractivity contribution in [1.82, 2.24) is 4.98 Å². The minimum atomic E-state index is 0.541. The molecule has 0 unspecified atom stereocenters. The van der Waals surface area contributed by atoms with Crippen molar-refractivity contribution < 1.29 is 4.74 Å². The maximum Gasteiger partial charge on any atom is 0.123 e. The summed E-state index contributed by atoms with van der Waals surface area (Å²) in [6, 6.07) is 3.69. The number of pyridine rings is 1. The van der Waals surface area contributed by atoms with E-state index in [0.29, 0.717) is 5.82 Å². The Hall–Kier alpha value is -1.29. The van der Waals surface area contributed by atoms with Gasteiger partial charge in [-0.25, -0.2) is 4.98 Å². The van der Waals surface area contributed by atoms with Crippen LogP contribution in [0.3, 0.4) is 0 Å². The van der Waals surface area contributed by atoms with Crippen molar-refractivity contribution in [3.05, 3.63) is 18.3 Å². The van der Waals surface area contributed by atoms with E-state index in [2.05, 4.69) is 17.2 Å². The number of aromatic nitrogens is 1. The molecule has 84 valence electrons. The highest BCUT2D eigenvalue weighted by Gasteiger charge is 1.92. The second-order valence-corrected chi connectivity index (χ2v) is 3.36. The molecule has 0 radical (unpaired) electrons. The third kappa shape index (κ3) is 5.22. The SMILES string of the molecule is CCCCOCCNc1ccc(N)nc1. The third-order valence-electron chi connectivity index (χ3n) is 2.00. The Morgan fingerprint density at radius 2 is 2.27 bits per heavy atom. The van der Waals surface area contributed by atoms with Gasteiger partial charge in [-0.05, 0) is 18.6 Å². The van der Waals surface area contributed by atoms with Crippen LogP contribution in [-0.2, 0) is 4.74 Å². The van der Waals surface area contributed by atoms with Crippen LogP contribution in [0.2, 0.25) is 0 Å². The second-order valence-electron chi connectivity index (χ2n) is 3.36. The molecule has 0 bridgehead atoms. The van der Waals surface area contributed by atoms with E-state index >= 15 is 0 Å². The molecule has 15 heavy (non-hydrogen) atoms. The van der Waals surface area contributed by atoms with E-state index in [4.69, 9.17) is 10.5 Å². The number of rotatable bonds is 7. The van der Waals surface area contributed by atoms with Crippen LogP contribution in [0.15, 0.2) is 18.3 Å². The first kappa shape index (κ1) is 11.8. The van der Waals surface area contributed by atoms with Crippen molar-refractivity contribution in [2.75, 3.05) is 30.8 Å². The number of nitrogens with one attached hydrogen (secondary N) is 1. The van der Waals surface area contributed by atoms with Crippen LogP contribution in [0.1, 0.15) is 19.8 Å². The summed E-state index contributed by atoms with van der Waals surface area (Å²) in [4.78, 5) is 3.98. The number of nitrogens with zero attached hydrogens (tertiary/aromatic N) is 1. The average Bonchev–Trinajstić information content (AvgIpc) is 2.26. The maximum absolute atomic E-state index is 5.47. The smallest absolute Gasteiger partial charge is 0.123 e. The van der Waals surface area contributed by atoms with E-state index < -0.39 is 0 Å². The summed E-state index contributed by atoms with van der Waals surface area (Å²) < 4.78 is 5.41. The van der Waals surface area contributed by atoms with Crippen LogP contribution in [0.25, 0.3) is 0 Å². The van der Waals surface area contributed by atoms with E-state index in [1.165, 1.54) is 6.42 Å². The Morgan fingerprint density at radius 1 is 1.40 bits per heavy atom. The summed E-state index contributed by atoms with van der Waals surface area (Å²) in [5.41, 5.74) is 6.45. The fourth-order valence-electron chi connectivity index (χ4n) is 1.13. The number of hydrogen-bond donors (Lipinski definition) is 2. The number of anilines is 2. The summed E-state index contributed by atoms with van der Waals surface area (Å²) in [7, 11) is 0. The zero-order valence-electron chi connectivity index (χ0n) is 9.20. The minimum absolute atomic E-state index is 0.541. The highest BCUT2D eigenvalue weighted by Crippen LogP contribution is 2.05. The van der Waals surface area contributed by atoms with E-state index in [-0.39, 0.29) is 0 Å². The van der Waals surface area contributed by atoms with Crippen molar-refractivity contribution in [2.45, 2.75) is 19.8 Å². The van der Waals surface area contributed by atoms with Crippen LogP contribution >= 0.6 is 0 Å². The third-order valence-corrected chi connectivity index (χ3v) is 2.00. The summed E-state index contributed by atoms with van der Waals surface area (Å²) >= 11 is 0. The number of unbranched alkanes of at least 4 members (excludes halogenated alkanes) is 1. The highest BCUT2D eigenvalue weighted by molar-refractivity contribution is 5.45. The van der Waals surface area contributed by atoms with Gasteiger partial charge in [0.15, 0.2) is 0 Å². The molecule has 1 heterocycles. The Bertz CT molecular complexity index is 261. The molecule has 0 fully saturated rings. The number of nitrogens with two attached hydrogens (primary N) is 1. The molecule has 4 heteroatoms. The zero-order valence-corrected chi connectivity index (χ0v) is 9.20. The van der Waals surface area contributed by atoms with Gasteiger partial charge < -0.3 is 15.8 Å². The molecule has 0 amide bonds. The lowest BCUT2D eigenvalue weighted by atomic mass is 10.4. The lowest BCUT2D eigenvalue weighted by molar-refractivity contribution is 0.141. The molecule has 0 saturated carbocycles. The lowest BCUT2D eigenvalue weighted by Gasteiger charge is -2.06. The van der Waals surface area contributed by atoms with Gasteiger partial charge in [-0.15, -0.1) is 0 Å². The first-order valence-electron chi connectivity index (χ1n) is 5.36. The Labute approximate surface area is 90.8 Å². The summed E-state index contributed by atoms with van der Waals surface area (Å²) in [6.07, 6.45) is 4.03. The standard InChI is InChI=1S/C11H19N3O/c1-2-3-7-15-8-6-13-10-4-5-11(12)14-9-10/h4-5,9,13H,2-3,6-8H2,1H3,(H2,12,14). The van der Waals surface area contributed by atoms with Crippen molar-refractivity contribution >= 4 is 11.5 Å². The predicted octanol–water partition coefficient (Wildman–Crippen LogP) is 1.89. The van der Waals surface area contributed by atoms with Gasteiger partial charge in [-0.1, -0.05) is 13.3 Å². The molecular weight excluding hydrogens is 190 g/mol. The normalized spacial score (nSPS) is 10.2. The van der Waals surface area contributed by atoms with Crippen LogP contribution in [0.5, 0.6) is 0 Å². The number of hydrogen-bond acceptors (Lipinski definition) is 4. The van der Waals surface area contributed by atoms with Crippen LogP contribution in [-0.4, -0.2) is 24.7 Å². The topological polar surface area (TPSA) is 60.2 Å². The molecule has 3 N–H and O–H groups in total. The van der Waals surface area contributed by atoms with Gasteiger partial charge in [0.1, 0.15) is 5.82 Å². The number of nitrogen functional groups attached to an aromatic ring is 1. The van der Waals surface area contributed by atoms with E-state index in [0.717, 1.165) is 31.9 Å². The molecule has 0 saturated heterocycles. The molecular formula is C11H19N3O. The monoisotopic (exact) mass is 209 g/mol. The summed E-state index contributed by atoms with van der Waals surface area (Å²) in [6.45, 7) is 4.53. The molecule has 0 aliphatic carbocycles. The first-order valence-corrected chi connectivity index (χ1v) is 5.36. The maximum atomic E-state index is 5.47. The summed E-state index contributed by atoms with van der Waals surface area (Å²) in [5.74, 6) is 0.541. The van der Waals surface area contributed by atoms with Crippen LogP contribution in [0, 0.1) is 0 Å². The molecule has 1 rings (SSSR count). The fraction of sp³-hybridized carbons (Fsp3) is 0.545. The molecule has 1 aromatic heterocycles. The molecule has 0 aromatic carbocycles. The molecule has 0 atom stereocenters.